The Balaban J connectivity index is 1.76. The number of aromatic nitrogens is 2. The molecule has 3 aromatic rings. The molecule has 0 saturated carbocycles. The predicted molar refractivity (Wildman–Crippen MR) is 89.4 cm³/mol. The van der Waals surface area contributed by atoms with Crippen LogP contribution in [0.15, 0.2) is 73.1 Å². The van der Waals surface area contributed by atoms with Crippen LogP contribution in [0.4, 0.5) is 5.69 Å². The van der Waals surface area contributed by atoms with Gasteiger partial charge in [0.1, 0.15) is 0 Å². The van der Waals surface area contributed by atoms with Gasteiger partial charge in [-0.2, -0.15) is 18.2 Å². The lowest BCUT2D eigenvalue weighted by Gasteiger charge is -2.13. The second-order valence-electron chi connectivity index (χ2n) is 4.88. The first kappa shape index (κ1) is 15.3. The van der Waals surface area contributed by atoms with E-state index in [9.17, 15) is 8.42 Å². The lowest BCUT2D eigenvalue weighted by Crippen LogP contribution is -2.30. The van der Waals surface area contributed by atoms with Crippen LogP contribution in [-0.4, -0.2) is 18.2 Å². The van der Waals surface area contributed by atoms with Gasteiger partial charge in [0.25, 0.3) is 10.2 Å². The van der Waals surface area contributed by atoms with E-state index in [0.29, 0.717) is 11.4 Å². The third-order valence-corrected chi connectivity index (χ3v) is 4.22. The zero-order valence-electron chi connectivity index (χ0n) is 12.3. The zero-order valence-corrected chi connectivity index (χ0v) is 13.1. The number of para-hydroxylation sites is 2. The molecule has 0 saturated heterocycles. The van der Waals surface area contributed by atoms with Gasteiger partial charge in [-0.1, -0.05) is 42.5 Å². The molecule has 7 heteroatoms. The van der Waals surface area contributed by atoms with E-state index in [2.05, 4.69) is 14.5 Å². The van der Waals surface area contributed by atoms with Gasteiger partial charge < -0.3 is 0 Å². The van der Waals surface area contributed by atoms with Crippen LogP contribution in [-0.2, 0) is 16.8 Å². The summed E-state index contributed by atoms with van der Waals surface area (Å²) in [4.78, 5) is 0. The van der Waals surface area contributed by atoms with Crippen LogP contribution in [0.1, 0.15) is 5.56 Å². The Morgan fingerprint density at radius 2 is 1.70 bits per heavy atom. The van der Waals surface area contributed by atoms with E-state index >= 15 is 0 Å². The molecule has 0 radical (unpaired) electrons. The molecule has 0 aliphatic carbocycles. The fraction of sp³-hybridized carbons (Fsp3) is 0.0625. The lowest BCUT2D eigenvalue weighted by atomic mass is 10.2. The van der Waals surface area contributed by atoms with Crippen molar-refractivity contribution in [3.63, 3.8) is 0 Å². The van der Waals surface area contributed by atoms with Gasteiger partial charge in [-0.15, -0.1) is 0 Å². The van der Waals surface area contributed by atoms with Crippen LogP contribution in [0.2, 0.25) is 0 Å². The molecule has 0 spiro atoms. The maximum Gasteiger partial charge on any atom is 0.299 e. The highest BCUT2D eigenvalue weighted by Gasteiger charge is 2.13. The maximum absolute atomic E-state index is 12.2. The molecule has 118 valence electrons. The summed E-state index contributed by atoms with van der Waals surface area (Å²) in [5.74, 6) is 0. The van der Waals surface area contributed by atoms with E-state index in [1.54, 1.807) is 41.3 Å². The SMILES string of the molecule is O=S(=O)(NCc1ccccc1)Nc1ccccc1-n1cccn1. The third-order valence-electron chi connectivity index (χ3n) is 3.21. The molecule has 0 aliphatic rings. The molecule has 1 heterocycles. The van der Waals surface area contributed by atoms with Crippen molar-refractivity contribution in [3.05, 3.63) is 78.6 Å². The van der Waals surface area contributed by atoms with Gasteiger partial charge in [-0.05, 0) is 23.8 Å². The molecule has 3 rings (SSSR count). The monoisotopic (exact) mass is 328 g/mol. The molecule has 0 aliphatic heterocycles. The van der Waals surface area contributed by atoms with E-state index in [4.69, 9.17) is 0 Å². The molecule has 0 atom stereocenters. The molecule has 2 aromatic carbocycles. The Bertz CT molecular complexity index is 862. The van der Waals surface area contributed by atoms with Gasteiger partial charge in [0.15, 0.2) is 0 Å². The van der Waals surface area contributed by atoms with Crippen LogP contribution >= 0.6 is 0 Å². The van der Waals surface area contributed by atoms with Crippen molar-refractivity contribution in [2.75, 3.05) is 4.72 Å². The number of hydrogen-bond acceptors (Lipinski definition) is 3. The first-order chi connectivity index (χ1) is 11.1. The molecule has 0 fully saturated rings. The van der Waals surface area contributed by atoms with E-state index in [-0.39, 0.29) is 6.54 Å². The largest absolute Gasteiger partial charge is 0.299 e. The zero-order chi connectivity index (χ0) is 16.1. The minimum Gasteiger partial charge on any atom is -0.269 e. The van der Waals surface area contributed by atoms with Crippen LogP contribution < -0.4 is 9.44 Å². The van der Waals surface area contributed by atoms with Crippen molar-refractivity contribution in [1.29, 1.82) is 0 Å². The van der Waals surface area contributed by atoms with E-state index in [1.165, 1.54) is 0 Å². The summed E-state index contributed by atoms with van der Waals surface area (Å²) >= 11 is 0. The second-order valence-corrected chi connectivity index (χ2v) is 6.38. The van der Waals surface area contributed by atoms with Crippen molar-refractivity contribution < 1.29 is 8.42 Å². The highest BCUT2D eigenvalue weighted by atomic mass is 32.2. The Labute approximate surface area is 135 Å². The van der Waals surface area contributed by atoms with Gasteiger partial charge >= 0.3 is 0 Å². The van der Waals surface area contributed by atoms with Crippen LogP contribution in [0.25, 0.3) is 5.69 Å². The third kappa shape index (κ3) is 3.97. The first-order valence-corrected chi connectivity index (χ1v) is 8.53. The maximum atomic E-state index is 12.2. The number of benzene rings is 2. The average molecular weight is 328 g/mol. The van der Waals surface area contributed by atoms with Gasteiger partial charge in [0, 0.05) is 18.9 Å². The predicted octanol–water partition coefficient (Wildman–Crippen LogP) is 2.32. The summed E-state index contributed by atoms with van der Waals surface area (Å²) < 4.78 is 31.2. The van der Waals surface area contributed by atoms with Gasteiger partial charge in [-0.25, -0.2) is 4.68 Å². The molecule has 23 heavy (non-hydrogen) atoms. The molecule has 0 amide bonds. The molecule has 0 unspecified atom stereocenters. The Morgan fingerprint density at radius 3 is 2.43 bits per heavy atom. The molecule has 0 bridgehead atoms. The summed E-state index contributed by atoms with van der Waals surface area (Å²) in [6.07, 6.45) is 3.39. The van der Waals surface area contributed by atoms with E-state index in [0.717, 1.165) is 5.56 Å². The average Bonchev–Trinajstić information content (AvgIpc) is 3.09. The minimum absolute atomic E-state index is 0.222. The fourth-order valence-electron chi connectivity index (χ4n) is 2.13. The number of hydrogen-bond donors (Lipinski definition) is 2. The fourth-order valence-corrected chi connectivity index (χ4v) is 3.02. The summed E-state index contributed by atoms with van der Waals surface area (Å²) in [6, 6.07) is 18.2. The van der Waals surface area contributed by atoms with Crippen molar-refractivity contribution in [2.24, 2.45) is 0 Å². The minimum atomic E-state index is -3.69. The van der Waals surface area contributed by atoms with Crippen LogP contribution in [0.3, 0.4) is 0 Å². The Kier molecular flexibility index (Phi) is 4.40. The molecular formula is C16H16N4O2S. The van der Waals surface area contributed by atoms with Crippen LogP contribution in [0.5, 0.6) is 0 Å². The lowest BCUT2D eigenvalue weighted by molar-refractivity contribution is 0.587. The molecule has 1 aromatic heterocycles. The number of nitrogens with zero attached hydrogens (tertiary/aromatic N) is 2. The number of anilines is 1. The first-order valence-electron chi connectivity index (χ1n) is 7.04. The van der Waals surface area contributed by atoms with Crippen molar-refractivity contribution in [1.82, 2.24) is 14.5 Å². The smallest absolute Gasteiger partial charge is 0.269 e. The van der Waals surface area contributed by atoms with Gasteiger partial charge in [0.2, 0.25) is 0 Å². The molecule has 2 N–H and O–H groups in total. The quantitative estimate of drug-likeness (QED) is 0.729. The van der Waals surface area contributed by atoms with Crippen molar-refractivity contribution in [2.45, 2.75) is 6.54 Å². The van der Waals surface area contributed by atoms with Crippen molar-refractivity contribution >= 4 is 15.9 Å². The highest BCUT2D eigenvalue weighted by molar-refractivity contribution is 7.90. The van der Waals surface area contributed by atoms with E-state index in [1.807, 2.05) is 36.4 Å². The van der Waals surface area contributed by atoms with E-state index < -0.39 is 10.2 Å². The molecule has 6 nitrogen and oxygen atoms in total. The van der Waals surface area contributed by atoms with Gasteiger partial charge in [-0.3, -0.25) is 4.72 Å². The standard InChI is InChI=1S/C16H16N4O2S/c21-23(22,18-13-14-7-2-1-3-8-14)19-15-9-4-5-10-16(15)20-12-6-11-17-20/h1-12,18-19H,13H2. The summed E-state index contributed by atoms with van der Waals surface area (Å²) in [5, 5.41) is 4.13. The summed E-state index contributed by atoms with van der Waals surface area (Å²) in [5.41, 5.74) is 2.00. The topological polar surface area (TPSA) is 76.0 Å². The van der Waals surface area contributed by atoms with Gasteiger partial charge in [0.05, 0.1) is 11.4 Å². The normalized spacial score (nSPS) is 11.3. The highest BCUT2D eigenvalue weighted by Crippen LogP contribution is 2.19. The Hall–Kier alpha value is -2.64. The summed E-state index contributed by atoms with van der Waals surface area (Å²) in [7, 11) is -3.69. The summed E-state index contributed by atoms with van der Waals surface area (Å²) in [6.45, 7) is 0.222. The van der Waals surface area contributed by atoms with Crippen molar-refractivity contribution in [3.8, 4) is 5.69 Å². The second kappa shape index (κ2) is 6.64. The number of nitrogens with one attached hydrogen (secondary N) is 2. The Morgan fingerprint density at radius 1 is 0.957 bits per heavy atom. The number of rotatable bonds is 6. The van der Waals surface area contributed by atoms with Crippen LogP contribution in [0, 0.1) is 0 Å². The molecular weight excluding hydrogens is 312 g/mol.